The van der Waals surface area contributed by atoms with E-state index in [4.69, 9.17) is 9.47 Å². The third kappa shape index (κ3) is 15.5. The maximum atomic E-state index is 11.4. The molecular formula is C16H31NO4S. The summed E-state index contributed by atoms with van der Waals surface area (Å²) in [5, 5.41) is 2.75. The molecule has 0 spiro atoms. The average Bonchev–Trinajstić information content (AvgIpc) is 2.41. The molecule has 5 nitrogen and oxygen atoms in total. The van der Waals surface area contributed by atoms with Crippen molar-refractivity contribution in [1.29, 1.82) is 0 Å². The van der Waals surface area contributed by atoms with Crippen LogP contribution in [0.1, 0.15) is 65.7 Å². The number of unbranched alkanes of at least 4 members (excludes halogenated alkanes) is 5. The van der Waals surface area contributed by atoms with E-state index in [1.165, 1.54) is 0 Å². The van der Waals surface area contributed by atoms with Crippen molar-refractivity contribution in [2.45, 2.75) is 71.3 Å². The number of ether oxygens (including phenoxy) is 2. The van der Waals surface area contributed by atoms with E-state index in [0.717, 1.165) is 38.5 Å². The summed E-state index contributed by atoms with van der Waals surface area (Å²) >= 11 is 3.98. The molecule has 0 aromatic rings. The summed E-state index contributed by atoms with van der Waals surface area (Å²) in [6, 6.07) is 0. The van der Waals surface area contributed by atoms with Gasteiger partial charge >= 0.3 is 12.1 Å². The largest absolute Gasteiger partial charge is 0.465 e. The molecule has 0 rings (SSSR count). The molecule has 0 fully saturated rings. The second kappa shape index (κ2) is 12.6. The van der Waals surface area contributed by atoms with E-state index in [-0.39, 0.29) is 12.1 Å². The number of carbonyl (C=O) groups excluding carboxylic acids is 2. The molecule has 0 aliphatic heterocycles. The van der Waals surface area contributed by atoms with Gasteiger partial charge in [-0.05, 0) is 33.6 Å². The van der Waals surface area contributed by atoms with Gasteiger partial charge in [-0.2, -0.15) is 12.6 Å². The Bertz CT molecular complexity index is 316. The molecule has 130 valence electrons. The van der Waals surface area contributed by atoms with Gasteiger partial charge in [0.2, 0.25) is 0 Å². The topological polar surface area (TPSA) is 64.6 Å². The van der Waals surface area contributed by atoms with E-state index in [1.54, 1.807) is 0 Å². The van der Waals surface area contributed by atoms with E-state index >= 15 is 0 Å². The van der Waals surface area contributed by atoms with Crippen LogP contribution in [-0.4, -0.2) is 36.6 Å². The molecule has 0 aromatic heterocycles. The number of rotatable bonds is 11. The van der Waals surface area contributed by atoms with Crippen molar-refractivity contribution in [2.24, 2.45) is 0 Å². The standard InChI is InChI=1S/C16H31NO4S/c1-16(2,3)21-15(19)17-11-9-7-5-4-6-8-10-14(18)20-12-13-22/h22H,4-13H2,1-3H3,(H,17,19). The van der Waals surface area contributed by atoms with Crippen LogP contribution in [0.5, 0.6) is 0 Å². The van der Waals surface area contributed by atoms with Crippen LogP contribution in [0.15, 0.2) is 0 Å². The van der Waals surface area contributed by atoms with Gasteiger partial charge in [-0.3, -0.25) is 4.79 Å². The Hall–Kier alpha value is -0.910. The zero-order chi connectivity index (χ0) is 16.8. The van der Waals surface area contributed by atoms with Crippen molar-refractivity contribution in [2.75, 3.05) is 18.9 Å². The fraction of sp³-hybridized carbons (Fsp3) is 0.875. The minimum absolute atomic E-state index is 0.129. The summed E-state index contributed by atoms with van der Waals surface area (Å²) in [6.07, 6.45) is 6.29. The van der Waals surface area contributed by atoms with Crippen molar-refractivity contribution in [3.8, 4) is 0 Å². The maximum Gasteiger partial charge on any atom is 0.407 e. The average molecular weight is 333 g/mol. The monoisotopic (exact) mass is 333 g/mol. The first-order valence-electron chi connectivity index (χ1n) is 8.08. The van der Waals surface area contributed by atoms with E-state index in [0.29, 0.717) is 25.3 Å². The number of esters is 1. The van der Waals surface area contributed by atoms with Crippen LogP contribution in [0, 0.1) is 0 Å². The summed E-state index contributed by atoms with van der Waals surface area (Å²) in [5.74, 6) is 0.443. The summed E-state index contributed by atoms with van der Waals surface area (Å²) in [6.45, 7) is 6.58. The smallest absolute Gasteiger partial charge is 0.407 e. The van der Waals surface area contributed by atoms with E-state index < -0.39 is 5.60 Å². The van der Waals surface area contributed by atoms with Gasteiger partial charge in [-0.25, -0.2) is 4.79 Å². The normalized spacial score (nSPS) is 11.1. The Morgan fingerprint density at radius 2 is 1.59 bits per heavy atom. The van der Waals surface area contributed by atoms with Crippen LogP contribution in [-0.2, 0) is 14.3 Å². The molecule has 6 heteroatoms. The van der Waals surface area contributed by atoms with E-state index in [9.17, 15) is 9.59 Å². The minimum atomic E-state index is -0.446. The van der Waals surface area contributed by atoms with Crippen molar-refractivity contribution in [3.05, 3.63) is 0 Å². The van der Waals surface area contributed by atoms with Gasteiger partial charge in [0.15, 0.2) is 0 Å². The maximum absolute atomic E-state index is 11.4. The zero-order valence-corrected chi connectivity index (χ0v) is 15.0. The predicted octanol–water partition coefficient (Wildman–Crippen LogP) is 3.71. The number of nitrogens with one attached hydrogen (secondary N) is 1. The predicted molar refractivity (Wildman–Crippen MR) is 91.4 cm³/mol. The van der Waals surface area contributed by atoms with E-state index in [1.807, 2.05) is 20.8 Å². The third-order valence-electron chi connectivity index (χ3n) is 2.83. The Morgan fingerprint density at radius 3 is 2.18 bits per heavy atom. The van der Waals surface area contributed by atoms with Gasteiger partial charge in [0.1, 0.15) is 12.2 Å². The third-order valence-corrected chi connectivity index (χ3v) is 3.01. The van der Waals surface area contributed by atoms with Crippen molar-refractivity contribution >= 4 is 24.7 Å². The Labute approximate surface area is 139 Å². The molecule has 0 heterocycles. The molecule has 0 radical (unpaired) electrons. The van der Waals surface area contributed by atoms with E-state index in [2.05, 4.69) is 17.9 Å². The lowest BCUT2D eigenvalue weighted by Gasteiger charge is -2.19. The number of alkyl carbamates (subject to hydrolysis) is 1. The molecule has 0 saturated heterocycles. The SMILES string of the molecule is CC(C)(C)OC(=O)NCCCCCCCCC(=O)OCCS. The fourth-order valence-electron chi connectivity index (χ4n) is 1.84. The molecule has 1 amide bonds. The lowest BCUT2D eigenvalue weighted by Crippen LogP contribution is -2.32. The summed E-state index contributed by atoms with van der Waals surface area (Å²) in [4.78, 5) is 22.6. The molecule has 0 aliphatic carbocycles. The molecular weight excluding hydrogens is 302 g/mol. The van der Waals surface area contributed by atoms with Crippen LogP contribution in [0.3, 0.4) is 0 Å². The first-order chi connectivity index (χ1) is 10.3. The highest BCUT2D eigenvalue weighted by Crippen LogP contribution is 2.08. The number of hydrogen-bond donors (Lipinski definition) is 2. The Balaban J connectivity index is 3.30. The lowest BCUT2D eigenvalue weighted by molar-refractivity contribution is -0.143. The summed E-state index contributed by atoms with van der Waals surface area (Å²) < 4.78 is 10.1. The fourth-order valence-corrected chi connectivity index (χ4v) is 1.93. The lowest BCUT2D eigenvalue weighted by atomic mass is 10.1. The van der Waals surface area contributed by atoms with Crippen LogP contribution in [0.2, 0.25) is 0 Å². The second-order valence-electron chi connectivity index (χ2n) is 6.24. The first-order valence-corrected chi connectivity index (χ1v) is 8.72. The molecule has 1 N–H and O–H groups in total. The quantitative estimate of drug-likeness (QED) is 0.344. The first kappa shape index (κ1) is 21.1. The number of amides is 1. The number of thiol groups is 1. The highest BCUT2D eigenvalue weighted by molar-refractivity contribution is 7.80. The van der Waals surface area contributed by atoms with Crippen LogP contribution < -0.4 is 5.32 Å². The molecule has 0 unspecified atom stereocenters. The summed E-state index contributed by atoms with van der Waals surface area (Å²) in [7, 11) is 0. The Morgan fingerprint density at radius 1 is 1.00 bits per heavy atom. The second-order valence-corrected chi connectivity index (χ2v) is 6.69. The molecule has 0 aliphatic rings. The molecule has 0 saturated carbocycles. The number of hydrogen-bond acceptors (Lipinski definition) is 5. The molecule has 22 heavy (non-hydrogen) atoms. The molecule has 0 atom stereocenters. The van der Waals surface area contributed by atoms with Crippen molar-refractivity contribution in [1.82, 2.24) is 5.32 Å². The van der Waals surface area contributed by atoms with Crippen LogP contribution in [0.4, 0.5) is 4.79 Å². The van der Waals surface area contributed by atoms with Gasteiger partial charge in [0.25, 0.3) is 0 Å². The van der Waals surface area contributed by atoms with Gasteiger partial charge in [-0.15, -0.1) is 0 Å². The number of carbonyl (C=O) groups is 2. The molecule has 0 aromatic carbocycles. The van der Waals surface area contributed by atoms with Gasteiger partial charge < -0.3 is 14.8 Å². The minimum Gasteiger partial charge on any atom is -0.465 e. The van der Waals surface area contributed by atoms with Crippen molar-refractivity contribution in [3.63, 3.8) is 0 Å². The van der Waals surface area contributed by atoms with Gasteiger partial charge in [-0.1, -0.05) is 25.7 Å². The molecule has 0 bridgehead atoms. The Kier molecular flexibility index (Phi) is 12.1. The highest BCUT2D eigenvalue weighted by Gasteiger charge is 2.15. The zero-order valence-electron chi connectivity index (χ0n) is 14.2. The highest BCUT2D eigenvalue weighted by atomic mass is 32.1. The van der Waals surface area contributed by atoms with Crippen LogP contribution in [0.25, 0.3) is 0 Å². The van der Waals surface area contributed by atoms with Gasteiger partial charge in [0.05, 0.1) is 0 Å². The van der Waals surface area contributed by atoms with Crippen LogP contribution >= 0.6 is 12.6 Å². The summed E-state index contributed by atoms with van der Waals surface area (Å²) in [5.41, 5.74) is -0.446. The van der Waals surface area contributed by atoms with Gasteiger partial charge in [0, 0.05) is 18.7 Å². The van der Waals surface area contributed by atoms with Crippen molar-refractivity contribution < 1.29 is 19.1 Å².